The van der Waals surface area contributed by atoms with Crippen LogP contribution in [0.4, 0.5) is 5.69 Å². The second-order valence-electron chi connectivity index (χ2n) is 5.34. The summed E-state index contributed by atoms with van der Waals surface area (Å²) in [6, 6.07) is 6.56. The molecule has 3 nitrogen and oxygen atoms in total. The van der Waals surface area contributed by atoms with Gasteiger partial charge in [-0.3, -0.25) is 0 Å². The number of ether oxygens (including phenoxy) is 1. The minimum absolute atomic E-state index is 0.265. The molecule has 0 amide bonds. The maximum absolute atomic E-state index is 5.81. The van der Waals surface area contributed by atoms with Crippen LogP contribution < -0.4 is 15.8 Å². The van der Waals surface area contributed by atoms with Gasteiger partial charge in [-0.1, -0.05) is 33.8 Å². The van der Waals surface area contributed by atoms with Crippen LogP contribution in [-0.2, 0) is 0 Å². The molecular weight excluding hydrogens is 224 g/mol. The second kappa shape index (κ2) is 6.64. The van der Waals surface area contributed by atoms with Crippen LogP contribution in [0.15, 0.2) is 18.2 Å². The summed E-state index contributed by atoms with van der Waals surface area (Å²) in [6.45, 7) is 9.34. The maximum Gasteiger partial charge on any atom is 0.141 e. The number of nitrogens with one attached hydrogen (secondary N) is 1. The number of benzene rings is 1. The summed E-state index contributed by atoms with van der Waals surface area (Å²) in [5.41, 5.74) is 8.15. The first-order valence-electron chi connectivity index (χ1n) is 6.64. The van der Waals surface area contributed by atoms with E-state index in [0.717, 1.165) is 11.4 Å². The van der Waals surface area contributed by atoms with Crippen LogP contribution in [0.25, 0.3) is 0 Å². The highest BCUT2D eigenvalue weighted by Gasteiger charge is 2.14. The molecule has 0 bridgehead atoms. The summed E-state index contributed by atoms with van der Waals surface area (Å²) < 4.78 is 5.40. The predicted molar refractivity (Wildman–Crippen MR) is 78.4 cm³/mol. The van der Waals surface area contributed by atoms with Crippen LogP contribution in [0.1, 0.15) is 39.2 Å². The molecule has 102 valence electrons. The molecule has 1 unspecified atom stereocenters. The van der Waals surface area contributed by atoms with Gasteiger partial charge in [0.1, 0.15) is 5.75 Å². The summed E-state index contributed by atoms with van der Waals surface area (Å²) in [5, 5.41) is 3.49. The van der Waals surface area contributed by atoms with Crippen LogP contribution in [0, 0.1) is 5.92 Å². The van der Waals surface area contributed by atoms with Crippen molar-refractivity contribution in [1.29, 1.82) is 0 Å². The van der Waals surface area contributed by atoms with Gasteiger partial charge in [-0.25, -0.2) is 0 Å². The van der Waals surface area contributed by atoms with Gasteiger partial charge < -0.3 is 15.8 Å². The Morgan fingerprint density at radius 2 is 1.89 bits per heavy atom. The normalized spacial score (nSPS) is 12.9. The molecular formula is C15H26N2O. The molecule has 18 heavy (non-hydrogen) atoms. The van der Waals surface area contributed by atoms with Gasteiger partial charge in [0, 0.05) is 12.6 Å². The zero-order valence-electron chi connectivity index (χ0n) is 12.2. The highest BCUT2D eigenvalue weighted by molar-refractivity contribution is 5.59. The number of anilines is 1. The Balaban J connectivity index is 3.00. The highest BCUT2D eigenvalue weighted by Crippen LogP contribution is 2.29. The molecule has 3 heteroatoms. The third kappa shape index (κ3) is 3.64. The van der Waals surface area contributed by atoms with E-state index in [1.165, 1.54) is 5.56 Å². The van der Waals surface area contributed by atoms with Crippen LogP contribution in [0.3, 0.4) is 0 Å². The van der Waals surface area contributed by atoms with Crippen molar-refractivity contribution in [3.8, 4) is 5.75 Å². The summed E-state index contributed by atoms with van der Waals surface area (Å²) in [6.07, 6.45) is 0. The zero-order valence-corrected chi connectivity index (χ0v) is 12.2. The Kier molecular flexibility index (Phi) is 5.48. The lowest BCUT2D eigenvalue weighted by Crippen LogP contribution is -2.33. The second-order valence-corrected chi connectivity index (χ2v) is 5.34. The van der Waals surface area contributed by atoms with Gasteiger partial charge in [0.25, 0.3) is 0 Å². The standard InChI is InChI=1S/C15H26N2O/c1-10(2)12-6-7-15(18-5)13(8-12)17-14(9-16)11(3)4/h6-8,10-11,14,17H,9,16H2,1-5H3. The van der Waals surface area contributed by atoms with E-state index in [0.29, 0.717) is 18.4 Å². The fraction of sp³-hybridized carbons (Fsp3) is 0.600. The van der Waals surface area contributed by atoms with E-state index in [1.54, 1.807) is 7.11 Å². The van der Waals surface area contributed by atoms with Crippen molar-refractivity contribution >= 4 is 5.69 Å². The van der Waals surface area contributed by atoms with E-state index >= 15 is 0 Å². The molecule has 0 aliphatic heterocycles. The smallest absolute Gasteiger partial charge is 0.141 e. The fourth-order valence-corrected chi connectivity index (χ4v) is 1.90. The first-order chi connectivity index (χ1) is 8.49. The molecule has 1 rings (SSSR count). The highest BCUT2D eigenvalue weighted by atomic mass is 16.5. The number of hydrogen-bond donors (Lipinski definition) is 2. The van der Waals surface area contributed by atoms with Crippen LogP contribution in [0.2, 0.25) is 0 Å². The molecule has 0 fully saturated rings. The number of rotatable bonds is 6. The minimum atomic E-state index is 0.265. The molecule has 0 saturated heterocycles. The Morgan fingerprint density at radius 3 is 2.33 bits per heavy atom. The summed E-state index contributed by atoms with van der Waals surface area (Å²) in [5.74, 6) is 1.87. The van der Waals surface area contributed by atoms with Gasteiger partial charge >= 0.3 is 0 Å². The molecule has 0 aromatic heterocycles. The summed E-state index contributed by atoms with van der Waals surface area (Å²) >= 11 is 0. The van der Waals surface area contributed by atoms with Gasteiger partial charge in [-0.15, -0.1) is 0 Å². The molecule has 3 N–H and O–H groups in total. The summed E-state index contributed by atoms with van der Waals surface area (Å²) in [4.78, 5) is 0. The first kappa shape index (κ1) is 14.8. The monoisotopic (exact) mass is 250 g/mol. The number of nitrogens with two attached hydrogens (primary N) is 1. The molecule has 0 spiro atoms. The molecule has 0 aliphatic carbocycles. The van der Waals surface area contributed by atoms with Crippen molar-refractivity contribution in [3.63, 3.8) is 0 Å². The minimum Gasteiger partial charge on any atom is -0.495 e. The van der Waals surface area contributed by atoms with Crippen molar-refractivity contribution in [2.45, 2.75) is 39.7 Å². The van der Waals surface area contributed by atoms with Gasteiger partial charge in [-0.2, -0.15) is 0 Å². The predicted octanol–water partition coefficient (Wildman–Crippen LogP) is 3.21. The largest absolute Gasteiger partial charge is 0.495 e. The Bertz CT molecular complexity index is 375. The molecule has 0 saturated carbocycles. The van der Waals surface area contributed by atoms with Crippen LogP contribution in [-0.4, -0.2) is 19.7 Å². The van der Waals surface area contributed by atoms with E-state index in [2.05, 4.69) is 45.1 Å². The Hall–Kier alpha value is -1.22. The van der Waals surface area contributed by atoms with E-state index in [9.17, 15) is 0 Å². The number of methoxy groups -OCH3 is 1. The zero-order chi connectivity index (χ0) is 13.7. The van der Waals surface area contributed by atoms with Crippen molar-refractivity contribution in [3.05, 3.63) is 23.8 Å². The molecule has 1 aromatic carbocycles. The SMILES string of the molecule is COc1ccc(C(C)C)cc1NC(CN)C(C)C. The first-order valence-corrected chi connectivity index (χ1v) is 6.64. The third-order valence-corrected chi connectivity index (χ3v) is 3.29. The van der Waals surface area contributed by atoms with Gasteiger partial charge in [-0.05, 0) is 29.5 Å². The maximum atomic E-state index is 5.81. The van der Waals surface area contributed by atoms with Crippen molar-refractivity contribution in [2.24, 2.45) is 11.7 Å². The van der Waals surface area contributed by atoms with Crippen LogP contribution in [0.5, 0.6) is 5.75 Å². The van der Waals surface area contributed by atoms with Gasteiger partial charge in [0.15, 0.2) is 0 Å². The molecule has 0 aliphatic rings. The quantitative estimate of drug-likeness (QED) is 0.815. The van der Waals surface area contributed by atoms with E-state index in [1.807, 2.05) is 6.07 Å². The summed E-state index contributed by atoms with van der Waals surface area (Å²) in [7, 11) is 1.70. The van der Waals surface area contributed by atoms with Gasteiger partial charge in [0.2, 0.25) is 0 Å². The van der Waals surface area contributed by atoms with Crippen molar-refractivity contribution in [1.82, 2.24) is 0 Å². The third-order valence-electron chi connectivity index (χ3n) is 3.29. The van der Waals surface area contributed by atoms with E-state index in [-0.39, 0.29) is 6.04 Å². The van der Waals surface area contributed by atoms with Crippen molar-refractivity contribution < 1.29 is 4.74 Å². The number of hydrogen-bond acceptors (Lipinski definition) is 3. The lowest BCUT2D eigenvalue weighted by molar-refractivity contribution is 0.414. The lowest BCUT2D eigenvalue weighted by atomic mass is 10.0. The van der Waals surface area contributed by atoms with E-state index < -0.39 is 0 Å². The van der Waals surface area contributed by atoms with E-state index in [4.69, 9.17) is 10.5 Å². The van der Waals surface area contributed by atoms with Gasteiger partial charge in [0.05, 0.1) is 12.8 Å². The Morgan fingerprint density at radius 1 is 1.22 bits per heavy atom. The van der Waals surface area contributed by atoms with Crippen LogP contribution >= 0.6 is 0 Å². The molecule has 1 atom stereocenters. The molecule has 0 heterocycles. The average molecular weight is 250 g/mol. The average Bonchev–Trinajstić information content (AvgIpc) is 2.35. The fourth-order valence-electron chi connectivity index (χ4n) is 1.90. The topological polar surface area (TPSA) is 47.3 Å². The lowest BCUT2D eigenvalue weighted by Gasteiger charge is -2.24. The molecule has 1 aromatic rings. The van der Waals surface area contributed by atoms with Crippen molar-refractivity contribution in [2.75, 3.05) is 19.0 Å². The Labute approximate surface area is 111 Å². The molecule has 0 radical (unpaired) electrons.